The third kappa shape index (κ3) is 6.14. The zero-order chi connectivity index (χ0) is 22.4. The molecule has 2 aromatic rings. The number of carboxylic acids is 1. The number of hydrogen-bond acceptors (Lipinski definition) is 7. The van der Waals surface area contributed by atoms with Gasteiger partial charge in [-0.15, -0.1) is 0 Å². The van der Waals surface area contributed by atoms with Crippen LogP contribution in [0, 0.1) is 11.8 Å². The molecule has 4 heterocycles. The van der Waals surface area contributed by atoms with Crippen LogP contribution in [0.25, 0.3) is 0 Å². The lowest BCUT2D eigenvalue weighted by Crippen LogP contribution is -2.45. The number of thiophene rings is 1. The van der Waals surface area contributed by atoms with Gasteiger partial charge in [-0.1, -0.05) is 0 Å². The van der Waals surface area contributed by atoms with E-state index in [0.717, 1.165) is 31.7 Å². The van der Waals surface area contributed by atoms with Crippen LogP contribution in [0.3, 0.4) is 0 Å². The lowest BCUT2D eigenvalue weighted by atomic mass is 9.84. The summed E-state index contributed by atoms with van der Waals surface area (Å²) in [5.74, 6) is -1.06. The normalized spacial score (nSPS) is 22.8. The number of rotatable bonds is 4. The van der Waals surface area contributed by atoms with Crippen LogP contribution in [-0.4, -0.2) is 70.4 Å². The number of anilines is 1. The molecular formula is C19H21F3N4O4S. The lowest BCUT2D eigenvalue weighted by Gasteiger charge is -2.35. The van der Waals surface area contributed by atoms with Crippen molar-refractivity contribution >= 4 is 29.2 Å². The largest absolute Gasteiger partial charge is 0.490 e. The Morgan fingerprint density at radius 2 is 2.03 bits per heavy atom. The SMILES string of the molecule is O=C(O)C(F)(F)F.O=C(c1ccsc1)N1CC[C@@H]2[C@@H](CO[C@H]2CNc2ncccn2)C1. The molecule has 31 heavy (non-hydrogen) atoms. The second-order valence-corrected chi connectivity index (χ2v) is 7.88. The highest BCUT2D eigenvalue weighted by molar-refractivity contribution is 7.08. The monoisotopic (exact) mass is 458 g/mol. The van der Waals surface area contributed by atoms with Gasteiger partial charge in [-0.2, -0.15) is 24.5 Å². The van der Waals surface area contributed by atoms with Gasteiger partial charge < -0.3 is 20.1 Å². The molecule has 2 N–H and O–H groups in total. The van der Waals surface area contributed by atoms with Gasteiger partial charge in [0.25, 0.3) is 5.91 Å². The number of fused-ring (bicyclic) bond motifs is 1. The molecule has 0 aliphatic carbocycles. The molecule has 2 aliphatic heterocycles. The number of ether oxygens (including phenoxy) is 1. The van der Waals surface area contributed by atoms with Crippen molar-refractivity contribution in [2.24, 2.45) is 11.8 Å². The number of piperidine rings is 1. The number of carbonyl (C=O) groups excluding carboxylic acids is 1. The molecule has 1 amide bonds. The van der Waals surface area contributed by atoms with Crippen molar-refractivity contribution in [3.05, 3.63) is 40.8 Å². The number of nitrogens with zero attached hydrogens (tertiary/aromatic N) is 3. The summed E-state index contributed by atoms with van der Waals surface area (Å²) >= 11 is 1.56. The number of carbonyl (C=O) groups is 2. The Hall–Kier alpha value is -2.73. The third-order valence-electron chi connectivity index (χ3n) is 5.12. The van der Waals surface area contributed by atoms with Crippen LogP contribution < -0.4 is 5.32 Å². The van der Waals surface area contributed by atoms with E-state index in [2.05, 4.69) is 15.3 Å². The van der Waals surface area contributed by atoms with Crippen molar-refractivity contribution in [1.82, 2.24) is 14.9 Å². The molecule has 0 saturated carbocycles. The zero-order valence-corrected chi connectivity index (χ0v) is 17.1. The zero-order valence-electron chi connectivity index (χ0n) is 16.3. The minimum Gasteiger partial charge on any atom is -0.475 e. The van der Waals surface area contributed by atoms with Crippen molar-refractivity contribution in [3.8, 4) is 0 Å². The number of aromatic nitrogens is 2. The maximum absolute atomic E-state index is 12.5. The number of amides is 1. The first-order valence-electron chi connectivity index (χ1n) is 9.49. The van der Waals surface area contributed by atoms with E-state index in [1.54, 1.807) is 29.8 Å². The molecule has 0 radical (unpaired) electrons. The molecule has 0 bridgehead atoms. The van der Waals surface area contributed by atoms with Crippen LogP contribution in [-0.2, 0) is 9.53 Å². The maximum Gasteiger partial charge on any atom is 0.490 e. The second-order valence-electron chi connectivity index (χ2n) is 7.10. The van der Waals surface area contributed by atoms with Gasteiger partial charge in [-0.3, -0.25) is 4.79 Å². The lowest BCUT2D eigenvalue weighted by molar-refractivity contribution is -0.192. The molecule has 2 aromatic heterocycles. The van der Waals surface area contributed by atoms with E-state index in [1.807, 2.05) is 21.7 Å². The molecular weight excluding hydrogens is 437 g/mol. The number of aliphatic carboxylic acids is 1. The summed E-state index contributed by atoms with van der Waals surface area (Å²) in [5.41, 5.74) is 0.803. The number of nitrogens with one attached hydrogen (secondary N) is 1. The Morgan fingerprint density at radius 1 is 1.32 bits per heavy atom. The molecule has 12 heteroatoms. The van der Waals surface area contributed by atoms with Gasteiger partial charge in [0.05, 0.1) is 18.3 Å². The molecule has 4 rings (SSSR count). The van der Waals surface area contributed by atoms with Crippen LogP contribution in [0.4, 0.5) is 19.1 Å². The Balaban J connectivity index is 0.000000339. The summed E-state index contributed by atoms with van der Waals surface area (Å²) in [6.45, 7) is 3.03. The molecule has 8 nitrogen and oxygen atoms in total. The second kappa shape index (κ2) is 10.1. The summed E-state index contributed by atoms with van der Waals surface area (Å²) in [4.78, 5) is 31.7. The molecule has 2 aliphatic rings. The highest BCUT2D eigenvalue weighted by atomic mass is 32.1. The topological polar surface area (TPSA) is 105 Å². The summed E-state index contributed by atoms with van der Waals surface area (Å²) in [6, 6.07) is 3.70. The Morgan fingerprint density at radius 3 is 2.65 bits per heavy atom. The molecule has 0 spiro atoms. The van der Waals surface area contributed by atoms with Crippen LogP contribution in [0.15, 0.2) is 35.3 Å². The van der Waals surface area contributed by atoms with Crippen molar-refractivity contribution < 1.29 is 32.6 Å². The molecule has 0 unspecified atom stereocenters. The highest BCUT2D eigenvalue weighted by Crippen LogP contribution is 2.35. The number of halogens is 3. The van der Waals surface area contributed by atoms with Gasteiger partial charge in [0, 0.05) is 43.3 Å². The molecule has 2 saturated heterocycles. The maximum atomic E-state index is 12.5. The molecule has 3 atom stereocenters. The van der Waals surface area contributed by atoms with Crippen molar-refractivity contribution in [1.29, 1.82) is 0 Å². The van der Waals surface area contributed by atoms with Gasteiger partial charge in [0.1, 0.15) is 0 Å². The van der Waals surface area contributed by atoms with E-state index in [4.69, 9.17) is 14.6 Å². The minimum absolute atomic E-state index is 0.147. The number of alkyl halides is 3. The highest BCUT2D eigenvalue weighted by Gasteiger charge is 2.42. The fourth-order valence-electron chi connectivity index (χ4n) is 3.63. The van der Waals surface area contributed by atoms with Gasteiger partial charge in [0.2, 0.25) is 5.95 Å². The fourth-order valence-corrected chi connectivity index (χ4v) is 4.26. The molecule has 168 valence electrons. The van der Waals surface area contributed by atoms with Crippen molar-refractivity contribution in [2.75, 3.05) is 31.6 Å². The van der Waals surface area contributed by atoms with Crippen LogP contribution in [0.2, 0.25) is 0 Å². The summed E-state index contributed by atoms with van der Waals surface area (Å²) in [6.07, 6.45) is -0.482. The summed E-state index contributed by atoms with van der Waals surface area (Å²) in [5, 5.41) is 14.2. The van der Waals surface area contributed by atoms with Crippen molar-refractivity contribution in [2.45, 2.75) is 18.7 Å². The Kier molecular flexibility index (Phi) is 7.44. The average Bonchev–Trinajstić information content (AvgIpc) is 3.42. The van der Waals surface area contributed by atoms with Crippen LogP contribution >= 0.6 is 11.3 Å². The fraction of sp³-hybridized carbons (Fsp3) is 0.474. The Labute approximate surface area is 180 Å². The first-order valence-corrected chi connectivity index (χ1v) is 10.4. The van der Waals surface area contributed by atoms with E-state index in [0.29, 0.717) is 24.3 Å². The van der Waals surface area contributed by atoms with Gasteiger partial charge >= 0.3 is 12.1 Å². The van der Waals surface area contributed by atoms with E-state index >= 15 is 0 Å². The first kappa shape index (κ1) is 22.9. The van der Waals surface area contributed by atoms with E-state index in [-0.39, 0.29) is 12.0 Å². The molecule has 0 aromatic carbocycles. The minimum atomic E-state index is -5.08. The van der Waals surface area contributed by atoms with E-state index < -0.39 is 12.1 Å². The van der Waals surface area contributed by atoms with Gasteiger partial charge in [-0.05, 0) is 29.9 Å². The van der Waals surface area contributed by atoms with E-state index in [1.165, 1.54) is 0 Å². The standard InChI is InChI=1S/C17H20N4O2S.C2HF3O2/c22-16(12-3-7-24-11-12)21-6-2-14-13(9-21)10-23-15(14)8-20-17-18-4-1-5-19-17;3-2(4,5)1(6)7/h1,3-5,7,11,13-15H,2,6,8-10H2,(H,18,19,20);(H,6,7)/t13-,14-,15+;/m1./s1. The quantitative estimate of drug-likeness (QED) is 0.726. The van der Waals surface area contributed by atoms with Crippen molar-refractivity contribution in [3.63, 3.8) is 0 Å². The number of hydrogen-bond donors (Lipinski definition) is 2. The smallest absolute Gasteiger partial charge is 0.475 e. The van der Waals surface area contributed by atoms with Gasteiger partial charge in [-0.25, -0.2) is 14.8 Å². The van der Waals surface area contributed by atoms with E-state index in [9.17, 15) is 18.0 Å². The predicted octanol–water partition coefficient (Wildman–Crippen LogP) is 2.76. The third-order valence-corrected chi connectivity index (χ3v) is 5.80. The molecule has 2 fully saturated rings. The Bertz CT molecular complexity index is 867. The predicted molar refractivity (Wildman–Crippen MR) is 106 cm³/mol. The van der Waals surface area contributed by atoms with Crippen LogP contribution in [0.1, 0.15) is 16.8 Å². The first-order chi connectivity index (χ1) is 14.8. The van der Waals surface area contributed by atoms with Crippen LogP contribution in [0.5, 0.6) is 0 Å². The number of carboxylic acid groups (broad SMARTS) is 1. The van der Waals surface area contributed by atoms with Gasteiger partial charge in [0.15, 0.2) is 0 Å². The number of likely N-dealkylation sites (tertiary alicyclic amines) is 1. The summed E-state index contributed by atoms with van der Waals surface area (Å²) < 4.78 is 37.7. The summed E-state index contributed by atoms with van der Waals surface area (Å²) in [7, 11) is 0. The average molecular weight is 458 g/mol.